The average Bonchev–Trinajstić information content (AvgIpc) is 3.24. The van der Waals surface area contributed by atoms with E-state index in [0.29, 0.717) is 31.6 Å². The SMILES string of the molecule is O=C(C1CCN(c2ccccc2[N+](=O)[O-])CC1)N1CCCC1c1ccc(F)cc1. The van der Waals surface area contributed by atoms with Gasteiger partial charge in [-0.3, -0.25) is 14.9 Å². The summed E-state index contributed by atoms with van der Waals surface area (Å²) in [5.41, 5.74) is 1.71. The number of carbonyl (C=O) groups is 1. The van der Waals surface area contributed by atoms with E-state index in [1.165, 1.54) is 18.2 Å². The molecule has 0 spiro atoms. The fourth-order valence-corrected chi connectivity index (χ4v) is 4.55. The number of piperidine rings is 1. The molecule has 2 aromatic rings. The van der Waals surface area contributed by atoms with Crippen molar-refractivity contribution in [3.05, 3.63) is 70.0 Å². The number of nitrogens with zero attached hydrogens (tertiary/aromatic N) is 3. The van der Waals surface area contributed by atoms with Crippen LogP contribution in [-0.4, -0.2) is 35.4 Å². The van der Waals surface area contributed by atoms with Gasteiger partial charge in [0.1, 0.15) is 11.5 Å². The van der Waals surface area contributed by atoms with Gasteiger partial charge in [0.15, 0.2) is 0 Å². The first-order chi connectivity index (χ1) is 14.0. The van der Waals surface area contributed by atoms with E-state index in [-0.39, 0.29) is 34.3 Å². The van der Waals surface area contributed by atoms with Gasteiger partial charge in [0, 0.05) is 31.6 Å². The number of hydrogen-bond donors (Lipinski definition) is 0. The number of anilines is 1. The van der Waals surface area contributed by atoms with E-state index in [2.05, 4.69) is 0 Å². The summed E-state index contributed by atoms with van der Waals surface area (Å²) in [6, 6.07) is 13.2. The minimum atomic E-state index is -0.357. The molecule has 6 nitrogen and oxygen atoms in total. The molecule has 2 saturated heterocycles. The van der Waals surface area contributed by atoms with Gasteiger partial charge in [-0.2, -0.15) is 0 Å². The van der Waals surface area contributed by atoms with Crippen LogP contribution in [0.4, 0.5) is 15.8 Å². The highest BCUT2D eigenvalue weighted by molar-refractivity contribution is 5.80. The lowest BCUT2D eigenvalue weighted by molar-refractivity contribution is -0.384. The van der Waals surface area contributed by atoms with Crippen LogP contribution in [0.3, 0.4) is 0 Å². The van der Waals surface area contributed by atoms with Crippen molar-refractivity contribution in [2.45, 2.75) is 31.7 Å². The van der Waals surface area contributed by atoms with E-state index in [9.17, 15) is 19.3 Å². The van der Waals surface area contributed by atoms with E-state index in [1.54, 1.807) is 30.3 Å². The van der Waals surface area contributed by atoms with E-state index in [4.69, 9.17) is 0 Å². The Morgan fingerprint density at radius 1 is 1.00 bits per heavy atom. The van der Waals surface area contributed by atoms with Crippen LogP contribution in [0.25, 0.3) is 0 Å². The Balaban J connectivity index is 1.43. The van der Waals surface area contributed by atoms with Crippen molar-refractivity contribution in [1.82, 2.24) is 4.90 Å². The fourth-order valence-electron chi connectivity index (χ4n) is 4.55. The molecule has 1 amide bonds. The molecule has 0 bridgehead atoms. The molecule has 29 heavy (non-hydrogen) atoms. The minimum Gasteiger partial charge on any atom is -0.366 e. The maximum Gasteiger partial charge on any atom is 0.292 e. The van der Waals surface area contributed by atoms with Crippen LogP contribution in [0.15, 0.2) is 48.5 Å². The first-order valence-electron chi connectivity index (χ1n) is 10.1. The highest BCUT2D eigenvalue weighted by atomic mass is 19.1. The number of carbonyl (C=O) groups excluding carboxylic acids is 1. The Morgan fingerprint density at radius 3 is 2.38 bits per heavy atom. The molecule has 2 fully saturated rings. The highest BCUT2D eigenvalue weighted by Gasteiger charge is 2.36. The van der Waals surface area contributed by atoms with Gasteiger partial charge in [-0.25, -0.2) is 4.39 Å². The summed E-state index contributed by atoms with van der Waals surface area (Å²) in [6.07, 6.45) is 3.20. The highest BCUT2D eigenvalue weighted by Crippen LogP contribution is 2.36. The zero-order chi connectivity index (χ0) is 20.4. The number of nitro groups is 1. The zero-order valence-corrected chi connectivity index (χ0v) is 16.2. The third kappa shape index (κ3) is 3.95. The molecule has 0 aromatic heterocycles. The van der Waals surface area contributed by atoms with Gasteiger partial charge in [-0.05, 0) is 49.4 Å². The number of rotatable bonds is 4. The Labute approximate surface area is 169 Å². The Morgan fingerprint density at radius 2 is 1.69 bits per heavy atom. The van der Waals surface area contributed by atoms with Gasteiger partial charge in [0.05, 0.1) is 11.0 Å². The Kier molecular flexibility index (Phi) is 5.47. The Hall–Kier alpha value is -2.96. The van der Waals surface area contributed by atoms with Crippen molar-refractivity contribution in [3.8, 4) is 0 Å². The number of benzene rings is 2. The molecule has 1 unspecified atom stereocenters. The maximum absolute atomic E-state index is 13.2. The molecule has 0 N–H and O–H groups in total. The largest absolute Gasteiger partial charge is 0.366 e. The number of likely N-dealkylation sites (tertiary alicyclic amines) is 1. The third-order valence-corrected chi connectivity index (χ3v) is 6.05. The summed E-state index contributed by atoms with van der Waals surface area (Å²) in [5, 5.41) is 11.3. The Bertz CT molecular complexity index is 894. The van der Waals surface area contributed by atoms with Gasteiger partial charge in [0.25, 0.3) is 5.69 Å². The topological polar surface area (TPSA) is 66.7 Å². The van der Waals surface area contributed by atoms with Crippen LogP contribution in [0.5, 0.6) is 0 Å². The van der Waals surface area contributed by atoms with Crippen molar-refractivity contribution in [2.75, 3.05) is 24.5 Å². The van der Waals surface area contributed by atoms with Crippen LogP contribution < -0.4 is 4.90 Å². The number of halogens is 1. The predicted molar refractivity (Wildman–Crippen MR) is 108 cm³/mol. The van der Waals surface area contributed by atoms with Crippen LogP contribution in [0.1, 0.15) is 37.3 Å². The van der Waals surface area contributed by atoms with Gasteiger partial charge in [0.2, 0.25) is 5.91 Å². The number of para-hydroxylation sites is 2. The monoisotopic (exact) mass is 397 g/mol. The summed E-state index contributed by atoms with van der Waals surface area (Å²) in [6.45, 7) is 1.97. The summed E-state index contributed by atoms with van der Waals surface area (Å²) < 4.78 is 13.2. The molecule has 0 aliphatic carbocycles. The number of nitro benzene ring substituents is 1. The van der Waals surface area contributed by atoms with Gasteiger partial charge in [-0.1, -0.05) is 24.3 Å². The second-order valence-corrected chi connectivity index (χ2v) is 7.75. The summed E-state index contributed by atoms with van der Waals surface area (Å²) in [4.78, 5) is 28.1. The molecular formula is C22H24FN3O3. The molecule has 2 heterocycles. The molecule has 0 saturated carbocycles. The van der Waals surface area contributed by atoms with Crippen molar-refractivity contribution in [1.29, 1.82) is 0 Å². The first-order valence-corrected chi connectivity index (χ1v) is 10.1. The lowest BCUT2D eigenvalue weighted by Gasteiger charge is -2.35. The standard InChI is InChI=1S/C22H24FN3O3/c23-18-9-7-16(8-10-18)19-6-3-13-25(19)22(27)17-11-14-24(15-12-17)20-4-1-2-5-21(20)26(28)29/h1-2,4-5,7-10,17,19H,3,6,11-15H2. The molecule has 2 aliphatic rings. The van der Waals surface area contributed by atoms with Crippen molar-refractivity contribution in [2.24, 2.45) is 5.92 Å². The number of hydrogen-bond acceptors (Lipinski definition) is 4. The lowest BCUT2D eigenvalue weighted by Crippen LogP contribution is -2.42. The molecule has 1 atom stereocenters. The van der Waals surface area contributed by atoms with Crippen LogP contribution in [0, 0.1) is 21.8 Å². The van der Waals surface area contributed by atoms with E-state index in [0.717, 1.165) is 24.9 Å². The fraction of sp³-hybridized carbons (Fsp3) is 0.409. The molecule has 7 heteroatoms. The first kappa shape index (κ1) is 19.4. The second kappa shape index (κ2) is 8.19. The van der Waals surface area contributed by atoms with E-state index < -0.39 is 0 Å². The van der Waals surface area contributed by atoms with Crippen molar-refractivity contribution < 1.29 is 14.1 Å². The minimum absolute atomic E-state index is 0.0105. The van der Waals surface area contributed by atoms with E-state index >= 15 is 0 Å². The van der Waals surface area contributed by atoms with E-state index in [1.807, 2.05) is 9.80 Å². The van der Waals surface area contributed by atoms with Crippen LogP contribution >= 0.6 is 0 Å². The van der Waals surface area contributed by atoms with Gasteiger partial charge < -0.3 is 9.80 Å². The summed E-state index contributed by atoms with van der Waals surface area (Å²) in [5.74, 6) is -0.193. The van der Waals surface area contributed by atoms with Gasteiger partial charge in [-0.15, -0.1) is 0 Å². The third-order valence-electron chi connectivity index (χ3n) is 6.05. The van der Waals surface area contributed by atoms with Crippen molar-refractivity contribution >= 4 is 17.3 Å². The summed E-state index contributed by atoms with van der Waals surface area (Å²) >= 11 is 0. The maximum atomic E-state index is 13.2. The molecule has 152 valence electrons. The smallest absolute Gasteiger partial charge is 0.292 e. The number of amides is 1. The van der Waals surface area contributed by atoms with Crippen LogP contribution in [0.2, 0.25) is 0 Å². The lowest BCUT2D eigenvalue weighted by atomic mass is 9.93. The molecule has 4 rings (SSSR count). The molecule has 0 radical (unpaired) electrons. The van der Waals surface area contributed by atoms with Crippen molar-refractivity contribution in [3.63, 3.8) is 0 Å². The van der Waals surface area contributed by atoms with Gasteiger partial charge >= 0.3 is 0 Å². The summed E-state index contributed by atoms with van der Waals surface area (Å²) in [7, 11) is 0. The predicted octanol–water partition coefficient (Wildman–Crippen LogP) is 4.31. The zero-order valence-electron chi connectivity index (χ0n) is 16.2. The average molecular weight is 397 g/mol. The molecule has 2 aromatic carbocycles. The van der Waals surface area contributed by atoms with Crippen LogP contribution in [-0.2, 0) is 4.79 Å². The molecular weight excluding hydrogens is 373 g/mol. The molecule has 2 aliphatic heterocycles. The quantitative estimate of drug-likeness (QED) is 0.569. The normalized spacial score (nSPS) is 20.1. The second-order valence-electron chi connectivity index (χ2n) is 7.75.